The third-order valence-electron chi connectivity index (χ3n) is 2.32. The topological polar surface area (TPSA) is 114 Å². The van der Waals surface area contributed by atoms with Crippen molar-refractivity contribution in [2.75, 3.05) is 25.9 Å². The molecule has 0 aliphatic heterocycles. The normalized spacial score (nSPS) is 10.3. The van der Waals surface area contributed by atoms with Crippen molar-refractivity contribution in [3.05, 3.63) is 5.89 Å². The molecule has 2 amide bonds. The van der Waals surface area contributed by atoms with Gasteiger partial charge in [-0.15, -0.1) is 10.2 Å². The van der Waals surface area contributed by atoms with Crippen LogP contribution in [-0.2, 0) is 16.1 Å². The SMILES string of the molecule is CCCNC(=O)CN(C)C(=O)CSc1nnc(CN)o1. The van der Waals surface area contributed by atoms with Crippen LogP contribution < -0.4 is 11.1 Å². The van der Waals surface area contributed by atoms with Gasteiger partial charge >= 0.3 is 0 Å². The van der Waals surface area contributed by atoms with Crippen LogP contribution in [0.25, 0.3) is 0 Å². The van der Waals surface area contributed by atoms with Crippen LogP contribution >= 0.6 is 11.8 Å². The molecule has 112 valence electrons. The molecular weight excluding hydrogens is 282 g/mol. The van der Waals surface area contributed by atoms with E-state index in [1.165, 1.54) is 4.90 Å². The van der Waals surface area contributed by atoms with E-state index >= 15 is 0 Å². The predicted octanol–water partition coefficient (Wildman–Crippen LogP) is -0.395. The minimum Gasteiger partial charge on any atom is -0.415 e. The van der Waals surface area contributed by atoms with Gasteiger partial charge in [0.15, 0.2) is 0 Å². The summed E-state index contributed by atoms with van der Waals surface area (Å²) in [7, 11) is 1.58. The lowest BCUT2D eigenvalue weighted by Gasteiger charge is -2.15. The van der Waals surface area contributed by atoms with Gasteiger partial charge < -0.3 is 20.4 Å². The largest absolute Gasteiger partial charge is 0.415 e. The van der Waals surface area contributed by atoms with Gasteiger partial charge in [0.2, 0.25) is 17.7 Å². The number of carbonyl (C=O) groups is 2. The Morgan fingerprint density at radius 1 is 1.45 bits per heavy atom. The Bertz CT molecular complexity index is 451. The highest BCUT2D eigenvalue weighted by molar-refractivity contribution is 7.99. The Balaban J connectivity index is 2.32. The first-order valence-electron chi connectivity index (χ1n) is 6.22. The molecule has 0 unspecified atom stereocenters. The first-order chi connectivity index (χ1) is 9.56. The van der Waals surface area contributed by atoms with Crippen LogP contribution in [0.5, 0.6) is 0 Å². The molecule has 1 aromatic heterocycles. The van der Waals surface area contributed by atoms with E-state index in [1.807, 2.05) is 6.92 Å². The molecule has 0 fully saturated rings. The van der Waals surface area contributed by atoms with E-state index < -0.39 is 0 Å². The number of hydrogen-bond donors (Lipinski definition) is 2. The second-order valence-corrected chi connectivity index (χ2v) is 4.98. The molecule has 20 heavy (non-hydrogen) atoms. The standard InChI is InChI=1S/C11H19N5O3S/c1-3-4-13-8(17)6-16(2)10(18)7-20-11-15-14-9(5-12)19-11/h3-7,12H2,1-2H3,(H,13,17). The number of amides is 2. The lowest BCUT2D eigenvalue weighted by atomic mass is 10.4. The monoisotopic (exact) mass is 301 g/mol. The van der Waals surface area contributed by atoms with Gasteiger partial charge in [0.25, 0.3) is 5.22 Å². The molecule has 0 spiro atoms. The summed E-state index contributed by atoms with van der Waals surface area (Å²) in [5.74, 6) is 0.0985. The van der Waals surface area contributed by atoms with Crippen LogP contribution in [0.1, 0.15) is 19.2 Å². The van der Waals surface area contributed by atoms with E-state index in [0.29, 0.717) is 17.7 Å². The Morgan fingerprint density at radius 3 is 2.80 bits per heavy atom. The fraction of sp³-hybridized carbons (Fsp3) is 0.636. The van der Waals surface area contributed by atoms with Crippen LogP contribution in [0.2, 0.25) is 0 Å². The number of rotatable bonds is 8. The van der Waals surface area contributed by atoms with Crippen molar-refractivity contribution in [1.29, 1.82) is 0 Å². The molecule has 9 heteroatoms. The van der Waals surface area contributed by atoms with Crippen molar-refractivity contribution >= 4 is 23.6 Å². The summed E-state index contributed by atoms with van der Waals surface area (Å²) < 4.78 is 5.16. The summed E-state index contributed by atoms with van der Waals surface area (Å²) in [6.07, 6.45) is 0.861. The van der Waals surface area contributed by atoms with Crippen LogP contribution in [-0.4, -0.2) is 52.8 Å². The minimum atomic E-state index is -0.186. The van der Waals surface area contributed by atoms with Crippen LogP contribution in [0.3, 0.4) is 0 Å². The Labute approximate surface area is 121 Å². The van der Waals surface area contributed by atoms with E-state index in [9.17, 15) is 9.59 Å². The molecule has 1 rings (SSSR count). The first-order valence-corrected chi connectivity index (χ1v) is 7.21. The summed E-state index contributed by atoms with van der Waals surface area (Å²) in [4.78, 5) is 24.6. The maximum atomic E-state index is 11.8. The van der Waals surface area contributed by atoms with Crippen molar-refractivity contribution in [2.45, 2.75) is 25.1 Å². The van der Waals surface area contributed by atoms with Gasteiger partial charge in [-0.2, -0.15) is 0 Å². The maximum absolute atomic E-state index is 11.8. The third kappa shape index (κ3) is 5.57. The van der Waals surface area contributed by atoms with Crippen molar-refractivity contribution in [1.82, 2.24) is 20.4 Å². The fourth-order valence-corrected chi connectivity index (χ4v) is 1.96. The zero-order valence-corrected chi connectivity index (χ0v) is 12.4. The molecule has 0 radical (unpaired) electrons. The predicted molar refractivity (Wildman–Crippen MR) is 73.9 cm³/mol. The smallest absolute Gasteiger partial charge is 0.277 e. The molecule has 0 saturated heterocycles. The number of hydrogen-bond acceptors (Lipinski definition) is 7. The van der Waals surface area contributed by atoms with Crippen LogP contribution in [0, 0.1) is 0 Å². The number of nitrogens with two attached hydrogens (primary N) is 1. The minimum absolute atomic E-state index is 0.0390. The van der Waals surface area contributed by atoms with E-state index in [4.69, 9.17) is 10.2 Å². The zero-order valence-electron chi connectivity index (χ0n) is 11.6. The molecule has 0 saturated carbocycles. The Hall–Kier alpha value is -1.61. The molecule has 1 aromatic rings. The van der Waals surface area contributed by atoms with E-state index in [0.717, 1.165) is 18.2 Å². The molecule has 0 aromatic carbocycles. The number of carbonyl (C=O) groups excluding carboxylic acids is 2. The van der Waals surface area contributed by atoms with Gasteiger partial charge in [-0.1, -0.05) is 18.7 Å². The Morgan fingerprint density at radius 2 is 2.20 bits per heavy atom. The fourth-order valence-electron chi connectivity index (χ4n) is 1.24. The van der Waals surface area contributed by atoms with Gasteiger partial charge in [-0.05, 0) is 6.42 Å². The summed E-state index contributed by atoms with van der Waals surface area (Å²) in [6.45, 7) is 2.78. The van der Waals surface area contributed by atoms with Gasteiger partial charge in [-0.3, -0.25) is 9.59 Å². The van der Waals surface area contributed by atoms with Gasteiger partial charge in [-0.25, -0.2) is 0 Å². The van der Waals surface area contributed by atoms with E-state index in [-0.39, 0.29) is 30.7 Å². The van der Waals surface area contributed by atoms with Crippen molar-refractivity contribution in [3.63, 3.8) is 0 Å². The lowest BCUT2D eigenvalue weighted by Crippen LogP contribution is -2.39. The van der Waals surface area contributed by atoms with Gasteiger partial charge in [0.05, 0.1) is 18.8 Å². The number of nitrogens with zero attached hydrogens (tertiary/aromatic N) is 3. The molecule has 0 bridgehead atoms. The number of nitrogens with one attached hydrogen (secondary N) is 1. The van der Waals surface area contributed by atoms with Crippen LogP contribution in [0.4, 0.5) is 0 Å². The van der Waals surface area contributed by atoms with Crippen LogP contribution in [0.15, 0.2) is 9.64 Å². The second kappa shape index (κ2) is 8.54. The molecule has 1 heterocycles. The summed E-state index contributed by atoms with van der Waals surface area (Å²) in [6, 6.07) is 0. The number of thioether (sulfide) groups is 1. The highest BCUT2D eigenvalue weighted by Gasteiger charge is 2.14. The molecule has 0 atom stereocenters. The number of aromatic nitrogens is 2. The summed E-state index contributed by atoms with van der Waals surface area (Å²) >= 11 is 1.12. The highest BCUT2D eigenvalue weighted by Crippen LogP contribution is 2.15. The summed E-state index contributed by atoms with van der Waals surface area (Å²) in [5, 5.41) is 10.4. The average molecular weight is 301 g/mol. The van der Waals surface area contributed by atoms with E-state index in [2.05, 4.69) is 15.5 Å². The molecule has 0 aliphatic carbocycles. The van der Waals surface area contributed by atoms with Crippen molar-refractivity contribution in [2.24, 2.45) is 5.73 Å². The van der Waals surface area contributed by atoms with Gasteiger partial charge in [0, 0.05) is 13.6 Å². The summed E-state index contributed by atoms with van der Waals surface area (Å²) in [5.41, 5.74) is 5.34. The molecular formula is C11H19N5O3S. The molecule has 3 N–H and O–H groups in total. The second-order valence-electron chi connectivity index (χ2n) is 4.05. The molecule has 8 nitrogen and oxygen atoms in total. The average Bonchev–Trinajstić information content (AvgIpc) is 2.90. The highest BCUT2D eigenvalue weighted by atomic mass is 32.2. The van der Waals surface area contributed by atoms with Gasteiger partial charge in [0.1, 0.15) is 0 Å². The Kier molecular flexibility index (Phi) is 7.02. The first kappa shape index (κ1) is 16.4. The lowest BCUT2D eigenvalue weighted by molar-refractivity contribution is -0.132. The third-order valence-corrected chi connectivity index (χ3v) is 3.12. The van der Waals surface area contributed by atoms with E-state index in [1.54, 1.807) is 7.05 Å². The van der Waals surface area contributed by atoms with Crippen molar-refractivity contribution < 1.29 is 14.0 Å². The molecule has 0 aliphatic rings. The van der Waals surface area contributed by atoms with Crippen molar-refractivity contribution in [3.8, 4) is 0 Å². The number of likely N-dealkylation sites (N-methyl/N-ethyl adjacent to an activating group) is 1. The quantitative estimate of drug-likeness (QED) is 0.628. The maximum Gasteiger partial charge on any atom is 0.277 e. The zero-order chi connectivity index (χ0) is 15.0.